The Balaban J connectivity index is 1.71. The molecule has 0 aliphatic heterocycles. The van der Waals surface area contributed by atoms with E-state index in [1.165, 1.54) is 0 Å². The smallest absolute Gasteiger partial charge is 0.255 e. The number of para-hydroxylation sites is 1. The van der Waals surface area contributed by atoms with E-state index < -0.39 is 0 Å². The van der Waals surface area contributed by atoms with Gasteiger partial charge in [0.2, 0.25) is 0 Å². The first-order chi connectivity index (χ1) is 12.0. The fourth-order valence-electron chi connectivity index (χ4n) is 2.60. The number of carbonyl (C=O) groups is 2. The van der Waals surface area contributed by atoms with Gasteiger partial charge in [0.05, 0.1) is 11.3 Å². The van der Waals surface area contributed by atoms with Crippen LogP contribution < -0.4 is 10.6 Å². The van der Waals surface area contributed by atoms with Crippen LogP contribution in [0.2, 0.25) is 0 Å². The summed E-state index contributed by atoms with van der Waals surface area (Å²) in [5.74, 6) is -0.359. The summed E-state index contributed by atoms with van der Waals surface area (Å²) in [6.45, 7) is 0.825. The summed E-state index contributed by atoms with van der Waals surface area (Å²) in [6, 6.07) is 14.9. The van der Waals surface area contributed by atoms with Crippen LogP contribution in [-0.2, 0) is 6.54 Å². The molecule has 2 N–H and O–H groups in total. The summed E-state index contributed by atoms with van der Waals surface area (Å²) in [5.41, 5.74) is 2.74. The third-order valence-corrected chi connectivity index (χ3v) is 4.05. The molecule has 2 aromatic carbocycles. The minimum atomic E-state index is -0.219. The molecule has 0 atom stereocenters. The van der Waals surface area contributed by atoms with E-state index in [2.05, 4.69) is 15.5 Å². The number of hydrogen-bond acceptors (Lipinski definition) is 3. The van der Waals surface area contributed by atoms with Gasteiger partial charge in [0, 0.05) is 18.2 Å². The van der Waals surface area contributed by atoms with E-state index in [-0.39, 0.29) is 17.9 Å². The summed E-state index contributed by atoms with van der Waals surface area (Å²) in [4.78, 5) is 26.9. The number of nitrogens with zero attached hydrogens (tertiary/aromatic N) is 1. The molecule has 5 nitrogen and oxygen atoms in total. The Bertz CT molecular complexity index is 765. The number of anilines is 1. The summed E-state index contributed by atoms with van der Waals surface area (Å²) in [6.07, 6.45) is 2.05. The van der Waals surface area contributed by atoms with Gasteiger partial charge in [0.25, 0.3) is 11.8 Å². The third-order valence-electron chi connectivity index (χ3n) is 4.05. The molecule has 0 saturated heterocycles. The number of rotatable bonds is 6. The Morgan fingerprint density at radius 1 is 1.00 bits per heavy atom. The molecule has 130 valence electrons. The van der Waals surface area contributed by atoms with Crippen LogP contribution in [0.15, 0.2) is 48.5 Å². The topological polar surface area (TPSA) is 61.4 Å². The fourth-order valence-corrected chi connectivity index (χ4v) is 2.60. The molecule has 1 aliphatic carbocycles. The lowest BCUT2D eigenvalue weighted by molar-refractivity contribution is 0.0952. The minimum Gasteiger partial charge on any atom is -0.349 e. The normalized spacial score (nSPS) is 13.6. The standard InChI is InChI=1S/C20H23N3O2/c1-23(2)13-14-7-9-15(10-8-14)19(24)22-18-6-4-3-5-17(18)20(25)21-16-11-12-16/h3-10,16H,11-13H2,1-2H3,(H,21,25)(H,22,24). The molecule has 0 radical (unpaired) electrons. The fraction of sp³-hybridized carbons (Fsp3) is 0.300. The van der Waals surface area contributed by atoms with Gasteiger partial charge in [0.15, 0.2) is 0 Å². The summed E-state index contributed by atoms with van der Waals surface area (Å²) in [7, 11) is 4.01. The van der Waals surface area contributed by atoms with Gasteiger partial charge in [-0.1, -0.05) is 24.3 Å². The Morgan fingerprint density at radius 3 is 2.32 bits per heavy atom. The van der Waals surface area contributed by atoms with E-state index in [9.17, 15) is 9.59 Å². The van der Waals surface area contributed by atoms with Crippen LogP contribution in [0, 0.1) is 0 Å². The molecular weight excluding hydrogens is 314 g/mol. The Hall–Kier alpha value is -2.66. The van der Waals surface area contributed by atoms with Gasteiger partial charge in [-0.05, 0) is 56.8 Å². The summed E-state index contributed by atoms with van der Waals surface area (Å²) < 4.78 is 0. The zero-order valence-electron chi connectivity index (χ0n) is 14.6. The molecule has 0 heterocycles. The molecule has 1 saturated carbocycles. The van der Waals surface area contributed by atoms with Gasteiger partial charge in [-0.15, -0.1) is 0 Å². The maximum Gasteiger partial charge on any atom is 0.255 e. The molecule has 0 spiro atoms. The Kier molecular flexibility index (Phi) is 5.14. The van der Waals surface area contributed by atoms with Crippen molar-refractivity contribution in [2.45, 2.75) is 25.4 Å². The van der Waals surface area contributed by atoms with E-state index in [1.54, 1.807) is 30.3 Å². The third kappa shape index (κ3) is 4.67. The van der Waals surface area contributed by atoms with Crippen LogP contribution in [0.1, 0.15) is 39.1 Å². The first-order valence-electron chi connectivity index (χ1n) is 8.48. The number of amides is 2. The van der Waals surface area contributed by atoms with E-state index in [4.69, 9.17) is 0 Å². The largest absolute Gasteiger partial charge is 0.349 e. The highest BCUT2D eigenvalue weighted by Crippen LogP contribution is 2.22. The van der Waals surface area contributed by atoms with Crippen molar-refractivity contribution in [2.75, 3.05) is 19.4 Å². The number of carbonyl (C=O) groups excluding carboxylic acids is 2. The highest BCUT2D eigenvalue weighted by molar-refractivity contribution is 6.09. The minimum absolute atomic E-state index is 0.139. The second-order valence-electron chi connectivity index (χ2n) is 6.68. The van der Waals surface area contributed by atoms with Gasteiger partial charge < -0.3 is 15.5 Å². The highest BCUT2D eigenvalue weighted by Gasteiger charge is 2.25. The van der Waals surface area contributed by atoms with Crippen molar-refractivity contribution in [3.8, 4) is 0 Å². The van der Waals surface area contributed by atoms with Crippen LogP contribution in [0.4, 0.5) is 5.69 Å². The monoisotopic (exact) mass is 337 g/mol. The van der Waals surface area contributed by atoms with Gasteiger partial charge in [-0.25, -0.2) is 0 Å². The van der Waals surface area contributed by atoms with Crippen LogP contribution in [0.5, 0.6) is 0 Å². The molecule has 25 heavy (non-hydrogen) atoms. The second kappa shape index (κ2) is 7.49. The molecule has 0 unspecified atom stereocenters. The first-order valence-corrected chi connectivity index (χ1v) is 8.48. The van der Waals surface area contributed by atoms with Crippen molar-refractivity contribution in [3.63, 3.8) is 0 Å². The zero-order chi connectivity index (χ0) is 17.8. The molecule has 2 amide bonds. The Labute approximate surface area is 148 Å². The average molecular weight is 337 g/mol. The molecule has 0 bridgehead atoms. The summed E-state index contributed by atoms with van der Waals surface area (Å²) >= 11 is 0. The van der Waals surface area contributed by atoms with Crippen LogP contribution in [0.3, 0.4) is 0 Å². The lowest BCUT2D eigenvalue weighted by atomic mass is 10.1. The van der Waals surface area contributed by atoms with Crippen molar-refractivity contribution in [1.29, 1.82) is 0 Å². The van der Waals surface area contributed by atoms with Crippen molar-refractivity contribution in [1.82, 2.24) is 10.2 Å². The van der Waals surface area contributed by atoms with Gasteiger partial charge in [-0.3, -0.25) is 9.59 Å². The molecule has 1 aliphatic rings. The summed E-state index contributed by atoms with van der Waals surface area (Å²) in [5, 5.41) is 5.81. The number of hydrogen-bond donors (Lipinski definition) is 2. The molecule has 2 aromatic rings. The van der Waals surface area contributed by atoms with E-state index in [0.29, 0.717) is 16.8 Å². The van der Waals surface area contributed by atoms with E-state index in [0.717, 1.165) is 24.9 Å². The van der Waals surface area contributed by atoms with Gasteiger partial charge in [-0.2, -0.15) is 0 Å². The molecular formula is C20H23N3O2. The predicted octanol–water partition coefficient (Wildman–Crippen LogP) is 2.89. The van der Waals surface area contributed by atoms with Crippen molar-refractivity contribution in [2.24, 2.45) is 0 Å². The average Bonchev–Trinajstić information content (AvgIpc) is 3.39. The Morgan fingerprint density at radius 2 is 1.68 bits per heavy atom. The lowest BCUT2D eigenvalue weighted by Gasteiger charge is -2.12. The van der Waals surface area contributed by atoms with E-state index >= 15 is 0 Å². The number of benzene rings is 2. The maximum atomic E-state index is 12.5. The van der Waals surface area contributed by atoms with Crippen molar-refractivity contribution >= 4 is 17.5 Å². The van der Waals surface area contributed by atoms with Crippen molar-refractivity contribution < 1.29 is 9.59 Å². The van der Waals surface area contributed by atoms with E-state index in [1.807, 2.05) is 32.3 Å². The number of nitrogens with one attached hydrogen (secondary N) is 2. The SMILES string of the molecule is CN(C)Cc1ccc(C(=O)Nc2ccccc2C(=O)NC2CC2)cc1. The maximum absolute atomic E-state index is 12.5. The van der Waals surface area contributed by atoms with Crippen LogP contribution in [-0.4, -0.2) is 36.9 Å². The molecule has 1 fully saturated rings. The quantitative estimate of drug-likeness (QED) is 0.852. The highest BCUT2D eigenvalue weighted by atomic mass is 16.2. The lowest BCUT2D eigenvalue weighted by Crippen LogP contribution is -2.27. The van der Waals surface area contributed by atoms with Gasteiger partial charge >= 0.3 is 0 Å². The van der Waals surface area contributed by atoms with Gasteiger partial charge in [0.1, 0.15) is 0 Å². The zero-order valence-corrected chi connectivity index (χ0v) is 14.6. The van der Waals surface area contributed by atoms with Crippen LogP contribution >= 0.6 is 0 Å². The predicted molar refractivity (Wildman–Crippen MR) is 98.7 cm³/mol. The molecule has 5 heteroatoms. The molecule has 3 rings (SSSR count). The first kappa shape index (κ1) is 17.2. The van der Waals surface area contributed by atoms with Crippen LogP contribution in [0.25, 0.3) is 0 Å². The van der Waals surface area contributed by atoms with Crippen molar-refractivity contribution in [3.05, 3.63) is 65.2 Å². The second-order valence-corrected chi connectivity index (χ2v) is 6.68. The molecule has 0 aromatic heterocycles.